The number of Topliss-reactive ketones (excluding diaryl/α,β-unsaturated/α-hetero) is 1. The lowest BCUT2D eigenvalue weighted by atomic mass is 9.90. The van der Waals surface area contributed by atoms with Gasteiger partial charge in [0.25, 0.3) is 0 Å². The molecule has 2 unspecified atom stereocenters. The van der Waals surface area contributed by atoms with Gasteiger partial charge in [-0.3, -0.25) is 4.79 Å². The first-order valence-electron chi connectivity index (χ1n) is 7.54. The Morgan fingerprint density at radius 2 is 2.15 bits per heavy atom. The van der Waals surface area contributed by atoms with Crippen LogP contribution < -0.4 is 0 Å². The standard InChI is InChI=1S/C16H21NO3/c18-15-7-3-6-12-9-17(10-13(12)15)14(16(19)20)8-11-4-1-2-5-11/h3,6,9,11,13-14H,1-2,4-5,7-8,10H2,(H,19,20). The SMILES string of the molecule is O=C1CC=CC2=CN(C(CC3CCCC3)C(=O)O)CC12. The van der Waals surface area contributed by atoms with Crippen molar-refractivity contribution in [2.24, 2.45) is 11.8 Å². The molecular weight excluding hydrogens is 254 g/mol. The maximum Gasteiger partial charge on any atom is 0.326 e. The predicted molar refractivity (Wildman–Crippen MR) is 75.0 cm³/mol. The van der Waals surface area contributed by atoms with Crippen LogP contribution in [0, 0.1) is 11.8 Å². The van der Waals surface area contributed by atoms with E-state index in [0.717, 1.165) is 18.4 Å². The van der Waals surface area contributed by atoms with Gasteiger partial charge in [-0.25, -0.2) is 4.79 Å². The summed E-state index contributed by atoms with van der Waals surface area (Å²) in [6.07, 6.45) is 11.7. The van der Waals surface area contributed by atoms with Gasteiger partial charge in [0.05, 0.1) is 5.92 Å². The number of hydrogen-bond acceptors (Lipinski definition) is 3. The van der Waals surface area contributed by atoms with Gasteiger partial charge in [0.2, 0.25) is 0 Å². The second kappa shape index (κ2) is 5.43. The average Bonchev–Trinajstić information content (AvgIpc) is 3.05. The molecule has 0 spiro atoms. The van der Waals surface area contributed by atoms with E-state index >= 15 is 0 Å². The second-order valence-corrected chi connectivity index (χ2v) is 6.19. The quantitative estimate of drug-likeness (QED) is 0.855. The Morgan fingerprint density at radius 3 is 2.80 bits per heavy atom. The highest BCUT2D eigenvalue weighted by atomic mass is 16.4. The number of carbonyl (C=O) groups is 2. The first-order valence-corrected chi connectivity index (χ1v) is 7.54. The minimum atomic E-state index is -0.760. The van der Waals surface area contributed by atoms with E-state index in [2.05, 4.69) is 0 Å². The zero-order valence-electron chi connectivity index (χ0n) is 11.6. The molecule has 0 bridgehead atoms. The molecule has 0 aromatic carbocycles. The molecule has 1 aliphatic heterocycles. The van der Waals surface area contributed by atoms with Crippen molar-refractivity contribution in [1.82, 2.24) is 4.90 Å². The first-order chi connectivity index (χ1) is 9.65. The number of ketones is 1. The molecule has 20 heavy (non-hydrogen) atoms. The molecule has 1 fully saturated rings. The molecule has 1 heterocycles. The van der Waals surface area contributed by atoms with E-state index in [9.17, 15) is 14.7 Å². The smallest absolute Gasteiger partial charge is 0.326 e. The molecule has 4 heteroatoms. The molecule has 0 aromatic heterocycles. The Labute approximate surface area is 119 Å². The predicted octanol–water partition coefficient (Wildman–Crippen LogP) is 2.36. The van der Waals surface area contributed by atoms with Crippen LogP contribution in [0.4, 0.5) is 0 Å². The zero-order valence-corrected chi connectivity index (χ0v) is 11.6. The summed E-state index contributed by atoms with van der Waals surface area (Å²) in [5.74, 6) is -0.121. The third kappa shape index (κ3) is 2.51. The highest BCUT2D eigenvalue weighted by molar-refractivity contribution is 5.88. The van der Waals surface area contributed by atoms with E-state index in [1.54, 1.807) is 0 Å². The number of aliphatic carboxylic acids is 1. The van der Waals surface area contributed by atoms with E-state index in [1.807, 2.05) is 23.3 Å². The van der Waals surface area contributed by atoms with Crippen LogP contribution in [0.2, 0.25) is 0 Å². The van der Waals surface area contributed by atoms with Gasteiger partial charge < -0.3 is 10.0 Å². The number of rotatable bonds is 4. The Morgan fingerprint density at radius 1 is 1.40 bits per heavy atom. The third-order valence-electron chi connectivity index (χ3n) is 4.85. The summed E-state index contributed by atoms with van der Waals surface area (Å²) in [5, 5.41) is 9.52. The number of hydrogen-bond donors (Lipinski definition) is 1. The molecule has 2 atom stereocenters. The van der Waals surface area contributed by atoms with Crippen molar-refractivity contribution in [3.63, 3.8) is 0 Å². The molecule has 4 nitrogen and oxygen atoms in total. The highest BCUT2D eigenvalue weighted by Gasteiger charge is 2.37. The van der Waals surface area contributed by atoms with Crippen molar-refractivity contribution in [2.45, 2.75) is 44.6 Å². The Balaban J connectivity index is 1.73. The lowest BCUT2D eigenvalue weighted by Crippen LogP contribution is -2.39. The van der Waals surface area contributed by atoms with Gasteiger partial charge in [0.1, 0.15) is 11.8 Å². The van der Waals surface area contributed by atoms with Crippen molar-refractivity contribution in [3.05, 3.63) is 23.9 Å². The molecule has 3 rings (SSSR count). The minimum Gasteiger partial charge on any atom is -0.480 e. The summed E-state index contributed by atoms with van der Waals surface area (Å²) >= 11 is 0. The van der Waals surface area contributed by atoms with E-state index in [4.69, 9.17) is 0 Å². The van der Waals surface area contributed by atoms with E-state index in [1.165, 1.54) is 12.8 Å². The van der Waals surface area contributed by atoms with Gasteiger partial charge in [0.15, 0.2) is 0 Å². The largest absolute Gasteiger partial charge is 0.480 e. The van der Waals surface area contributed by atoms with Crippen LogP contribution in [0.15, 0.2) is 23.9 Å². The number of carboxylic acid groups (broad SMARTS) is 1. The number of carbonyl (C=O) groups excluding carboxylic acids is 1. The molecule has 0 aromatic rings. The first kappa shape index (κ1) is 13.4. The van der Waals surface area contributed by atoms with E-state index < -0.39 is 12.0 Å². The molecule has 2 aliphatic carbocycles. The fourth-order valence-corrected chi connectivity index (χ4v) is 3.71. The molecule has 1 N–H and O–H groups in total. The van der Waals surface area contributed by atoms with Crippen LogP contribution in [0.25, 0.3) is 0 Å². The van der Waals surface area contributed by atoms with Crippen molar-refractivity contribution >= 4 is 11.8 Å². The van der Waals surface area contributed by atoms with Crippen LogP contribution in [0.3, 0.4) is 0 Å². The van der Waals surface area contributed by atoms with Gasteiger partial charge in [-0.05, 0) is 17.9 Å². The molecule has 1 saturated carbocycles. The molecule has 108 valence electrons. The maximum atomic E-state index is 11.9. The highest BCUT2D eigenvalue weighted by Crippen LogP contribution is 2.34. The van der Waals surface area contributed by atoms with Crippen LogP contribution >= 0.6 is 0 Å². The third-order valence-corrected chi connectivity index (χ3v) is 4.85. The summed E-state index contributed by atoms with van der Waals surface area (Å²) in [7, 11) is 0. The maximum absolute atomic E-state index is 11.9. The van der Waals surface area contributed by atoms with Gasteiger partial charge in [0, 0.05) is 19.2 Å². The van der Waals surface area contributed by atoms with Gasteiger partial charge >= 0.3 is 5.97 Å². The van der Waals surface area contributed by atoms with E-state index in [-0.39, 0.29) is 11.7 Å². The van der Waals surface area contributed by atoms with Crippen LogP contribution in [0.5, 0.6) is 0 Å². The topological polar surface area (TPSA) is 57.6 Å². The summed E-state index contributed by atoms with van der Waals surface area (Å²) in [4.78, 5) is 25.4. The summed E-state index contributed by atoms with van der Waals surface area (Å²) in [6, 6.07) is -0.475. The molecule has 0 amide bonds. The number of nitrogens with zero attached hydrogens (tertiary/aromatic N) is 1. The van der Waals surface area contributed by atoms with Crippen molar-refractivity contribution in [1.29, 1.82) is 0 Å². The molecule has 0 saturated heterocycles. The normalized spacial score (nSPS) is 27.6. The monoisotopic (exact) mass is 275 g/mol. The second-order valence-electron chi connectivity index (χ2n) is 6.19. The number of fused-ring (bicyclic) bond motifs is 1. The molecule has 3 aliphatic rings. The number of allylic oxidation sites excluding steroid dienone is 2. The van der Waals surface area contributed by atoms with Crippen LogP contribution in [0.1, 0.15) is 38.5 Å². The lowest BCUT2D eigenvalue weighted by Gasteiger charge is -2.27. The fraction of sp³-hybridized carbons (Fsp3) is 0.625. The average molecular weight is 275 g/mol. The Bertz CT molecular complexity index is 474. The van der Waals surface area contributed by atoms with Crippen LogP contribution in [-0.4, -0.2) is 34.3 Å². The van der Waals surface area contributed by atoms with Crippen LogP contribution in [-0.2, 0) is 9.59 Å². The van der Waals surface area contributed by atoms with E-state index in [0.29, 0.717) is 25.3 Å². The van der Waals surface area contributed by atoms with Gasteiger partial charge in [-0.15, -0.1) is 0 Å². The molecule has 0 radical (unpaired) electrons. The van der Waals surface area contributed by atoms with Gasteiger partial charge in [-0.1, -0.05) is 37.8 Å². The summed E-state index contributed by atoms with van der Waals surface area (Å²) < 4.78 is 0. The molecular formula is C16H21NO3. The Hall–Kier alpha value is -1.58. The minimum absolute atomic E-state index is 0.106. The Kier molecular flexibility index (Phi) is 3.64. The summed E-state index contributed by atoms with van der Waals surface area (Å²) in [5.41, 5.74) is 0.985. The van der Waals surface area contributed by atoms with Crippen molar-refractivity contribution in [3.8, 4) is 0 Å². The van der Waals surface area contributed by atoms with Crippen molar-refractivity contribution < 1.29 is 14.7 Å². The fourth-order valence-electron chi connectivity index (χ4n) is 3.71. The summed E-state index contributed by atoms with van der Waals surface area (Å²) in [6.45, 7) is 0.544. The lowest BCUT2D eigenvalue weighted by molar-refractivity contribution is -0.143. The number of carboxylic acids is 1. The van der Waals surface area contributed by atoms with Crippen molar-refractivity contribution in [2.75, 3.05) is 6.54 Å². The van der Waals surface area contributed by atoms with Gasteiger partial charge in [-0.2, -0.15) is 0 Å². The zero-order chi connectivity index (χ0) is 14.1.